The van der Waals surface area contributed by atoms with Crippen molar-refractivity contribution in [3.8, 4) is 0 Å². The molecule has 1 heterocycles. The standard InChI is InChI=1S/C13H14F2N2O2/c1-18-7-9-6-12(17-13(16-9)19-2)8-3-4-10(14)11(15)5-8/h3-6,12H,7H2,1-2H3,(H,16,17). The molecule has 1 aliphatic heterocycles. The first kappa shape index (κ1) is 13.5. The summed E-state index contributed by atoms with van der Waals surface area (Å²) in [5, 5.41) is 2.93. The van der Waals surface area contributed by atoms with Crippen LogP contribution in [0.1, 0.15) is 11.6 Å². The van der Waals surface area contributed by atoms with Crippen molar-refractivity contribution in [2.24, 2.45) is 4.99 Å². The summed E-state index contributed by atoms with van der Waals surface area (Å²) in [6.07, 6.45) is 1.78. The van der Waals surface area contributed by atoms with Crippen LogP contribution in [-0.4, -0.2) is 26.8 Å². The molecule has 2 rings (SSSR count). The molecule has 1 N–H and O–H groups in total. The number of benzene rings is 1. The molecule has 1 aliphatic rings. The van der Waals surface area contributed by atoms with E-state index < -0.39 is 17.7 Å². The number of hydrogen-bond acceptors (Lipinski definition) is 4. The fourth-order valence-corrected chi connectivity index (χ4v) is 1.78. The molecule has 0 spiro atoms. The Morgan fingerprint density at radius 2 is 2.05 bits per heavy atom. The molecular formula is C13H14F2N2O2. The third kappa shape index (κ3) is 3.08. The van der Waals surface area contributed by atoms with Crippen molar-refractivity contribution in [3.63, 3.8) is 0 Å². The van der Waals surface area contributed by atoms with Crippen LogP contribution in [0.4, 0.5) is 8.78 Å². The Kier molecular flexibility index (Phi) is 4.11. The van der Waals surface area contributed by atoms with Crippen LogP contribution in [0, 0.1) is 11.6 Å². The highest BCUT2D eigenvalue weighted by atomic mass is 19.2. The molecule has 19 heavy (non-hydrogen) atoms. The molecule has 1 aromatic rings. The second-order valence-corrected chi connectivity index (χ2v) is 4.01. The van der Waals surface area contributed by atoms with Crippen molar-refractivity contribution in [2.75, 3.05) is 20.8 Å². The van der Waals surface area contributed by atoms with Gasteiger partial charge in [-0.25, -0.2) is 13.8 Å². The third-order valence-electron chi connectivity index (χ3n) is 2.66. The first-order chi connectivity index (χ1) is 9.13. The van der Waals surface area contributed by atoms with Crippen molar-refractivity contribution < 1.29 is 18.3 Å². The van der Waals surface area contributed by atoms with Crippen LogP contribution in [0.15, 0.2) is 35.0 Å². The van der Waals surface area contributed by atoms with Gasteiger partial charge in [-0.3, -0.25) is 0 Å². The number of nitrogens with zero attached hydrogens (tertiary/aromatic N) is 1. The quantitative estimate of drug-likeness (QED) is 0.913. The number of methoxy groups -OCH3 is 2. The highest BCUT2D eigenvalue weighted by Gasteiger charge is 2.18. The molecule has 0 fully saturated rings. The monoisotopic (exact) mass is 268 g/mol. The van der Waals surface area contributed by atoms with Gasteiger partial charge in [0.15, 0.2) is 11.6 Å². The molecule has 0 aromatic heterocycles. The molecule has 0 saturated carbocycles. The highest BCUT2D eigenvalue weighted by molar-refractivity contribution is 5.77. The molecule has 1 aromatic carbocycles. The van der Waals surface area contributed by atoms with Crippen LogP contribution < -0.4 is 5.32 Å². The fourth-order valence-electron chi connectivity index (χ4n) is 1.78. The van der Waals surface area contributed by atoms with Crippen LogP contribution >= 0.6 is 0 Å². The van der Waals surface area contributed by atoms with Gasteiger partial charge in [0.1, 0.15) is 6.04 Å². The van der Waals surface area contributed by atoms with Crippen molar-refractivity contribution in [1.82, 2.24) is 5.32 Å². The maximum absolute atomic E-state index is 13.2. The number of aliphatic imine (C=N–C) groups is 1. The minimum atomic E-state index is -0.896. The Bertz CT molecular complexity index is 529. The lowest BCUT2D eigenvalue weighted by molar-refractivity contribution is 0.219. The van der Waals surface area contributed by atoms with E-state index in [4.69, 9.17) is 9.47 Å². The van der Waals surface area contributed by atoms with Gasteiger partial charge in [-0.1, -0.05) is 6.07 Å². The molecule has 4 nitrogen and oxygen atoms in total. The number of amidine groups is 1. The van der Waals surface area contributed by atoms with Crippen LogP contribution in [0.2, 0.25) is 0 Å². The van der Waals surface area contributed by atoms with Crippen molar-refractivity contribution in [3.05, 3.63) is 47.2 Å². The van der Waals surface area contributed by atoms with E-state index in [1.54, 1.807) is 13.2 Å². The molecule has 1 unspecified atom stereocenters. The van der Waals surface area contributed by atoms with Crippen LogP contribution in [-0.2, 0) is 9.47 Å². The average molecular weight is 268 g/mol. The molecule has 0 amide bonds. The summed E-state index contributed by atoms with van der Waals surface area (Å²) in [6, 6.07) is 3.58. The summed E-state index contributed by atoms with van der Waals surface area (Å²) in [6.45, 7) is 0.350. The van der Waals surface area contributed by atoms with Crippen molar-refractivity contribution in [2.45, 2.75) is 6.04 Å². The van der Waals surface area contributed by atoms with Crippen LogP contribution in [0.5, 0.6) is 0 Å². The summed E-state index contributed by atoms with van der Waals surface area (Å²) in [5.41, 5.74) is 1.30. The SMILES string of the molecule is COCC1=CC(c2ccc(F)c(F)c2)N=C(OC)N1. The van der Waals surface area contributed by atoms with E-state index in [1.807, 2.05) is 0 Å². The van der Waals surface area contributed by atoms with Crippen LogP contribution in [0.25, 0.3) is 0 Å². The first-order valence-corrected chi connectivity index (χ1v) is 5.67. The Labute approximate surface area is 109 Å². The van der Waals surface area contributed by atoms with Gasteiger partial charge >= 0.3 is 0 Å². The number of halogens is 2. The Hall–Kier alpha value is -1.95. The van der Waals surface area contributed by atoms with E-state index >= 15 is 0 Å². The Morgan fingerprint density at radius 1 is 1.26 bits per heavy atom. The van der Waals surface area contributed by atoms with Crippen molar-refractivity contribution in [1.29, 1.82) is 0 Å². The van der Waals surface area contributed by atoms with E-state index in [2.05, 4.69) is 10.3 Å². The maximum atomic E-state index is 13.2. The Balaban J connectivity index is 2.32. The second-order valence-electron chi connectivity index (χ2n) is 4.01. The predicted molar refractivity (Wildman–Crippen MR) is 66.6 cm³/mol. The van der Waals surface area contributed by atoms with Gasteiger partial charge in [-0.2, -0.15) is 0 Å². The topological polar surface area (TPSA) is 42.9 Å². The minimum absolute atomic E-state index is 0.310. The van der Waals surface area contributed by atoms with E-state index in [0.29, 0.717) is 18.2 Å². The molecule has 0 aliphatic carbocycles. The molecule has 6 heteroatoms. The third-order valence-corrected chi connectivity index (χ3v) is 2.66. The van der Waals surface area contributed by atoms with E-state index in [0.717, 1.165) is 17.8 Å². The van der Waals surface area contributed by atoms with E-state index in [9.17, 15) is 8.78 Å². The zero-order valence-electron chi connectivity index (χ0n) is 10.6. The molecular weight excluding hydrogens is 254 g/mol. The zero-order valence-corrected chi connectivity index (χ0v) is 10.6. The summed E-state index contributed by atoms with van der Waals surface area (Å²) < 4.78 is 36.2. The first-order valence-electron chi connectivity index (χ1n) is 5.67. The van der Waals surface area contributed by atoms with Gasteiger partial charge < -0.3 is 14.8 Å². The molecule has 0 saturated heterocycles. The van der Waals surface area contributed by atoms with Gasteiger partial charge in [-0.05, 0) is 23.8 Å². The van der Waals surface area contributed by atoms with Gasteiger partial charge in [0.2, 0.25) is 0 Å². The minimum Gasteiger partial charge on any atom is -0.468 e. The smallest absolute Gasteiger partial charge is 0.289 e. The molecule has 1 atom stereocenters. The number of nitrogens with one attached hydrogen (secondary N) is 1. The molecule has 102 valence electrons. The normalized spacial score (nSPS) is 18.4. The van der Waals surface area contributed by atoms with E-state index in [-0.39, 0.29) is 0 Å². The number of ether oxygens (including phenoxy) is 2. The summed E-state index contributed by atoms with van der Waals surface area (Å²) in [4.78, 5) is 4.24. The Morgan fingerprint density at radius 3 is 2.68 bits per heavy atom. The summed E-state index contributed by atoms with van der Waals surface area (Å²) in [7, 11) is 3.04. The summed E-state index contributed by atoms with van der Waals surface area (Å²) in [5.74, 6) is -1.78. The second kappa shape index (κ2) is 5.79. The number of rotatable bonds is 3. The largest absolute Gasteiger partial charge is 0.468 e. The molecule has 0 radical (unpaired) electrons. The lowest BCUT2D eigenvalue weighted by Gasteiger charge is -2.21. The molecule has 0 bridgehead atoms. The van der Waals surface area contributed by atoms with Gasteiger partial charge in [-0.15, -0.1) is 0 Å². The van der Waals surface area contributed by atoms with Gasteiger partial charge in [0.25, 0.3) is 6.02 Å². The van der Waals surface area contributed by atoms with Crippen molar-refractivity contribution >= 4 is 6.02 Å². The predicted octanol–water partition coefficient (Wildman–Crippen LogP) is 2.14. The van der Waals surface area contributed by atoms with Crippen LogP contribution in [0.3, 0.4) is 0 Å². The lowest BCUT2D eigenvalue weighted by Crippen LogP contribution is -2.30. The average Bonchev–Trinajstić information content (AvgIpc) is 2.42. The number of hydrogen-bond donors (Lipinski definition) is 1. The summed E-state index contributed by atoms with van der Waals surface area (Å²) >= 11 is 0. The zero-order chi connectivity index (χ0) is 13.8. The fraction of sp³-hybridized carbons (Fsp3) is 0.308. The maximum Gasteiger partial charge on any atom is 0.289 e. The highest BCUT2D eigenvalue weighted by Crippen LogP contribution is 2.24. The lowest BCUT2D eigenvalue weighted by atomic mass is 10.1. The van der Waals surface area contributed by atoms with E-state index in [1.165, 1.54) is 13.2 Å². The van der Waals surface area contributed by atoms with Gasteiger partial charge in [0.05, 0.1) is 13.7 Å². The van der Waals surface area contributed by atoms with Gasteiger partial charge in [0, 0.05) is 12.8 Å².